The third kappa shape index (κ3) is 4.31. The van der Waals surface area contributed by atoms with Gasteiger partial charge in [0, 0.05) is 10.1 Å². The molecule has 0 saturated heterocycles. The summed E-state index contributed by atoms with van der Waals surface area (Å²) in [6, 6.07) is 0. The summed E-state index contributed by atoms with van der Waals surface area (Å²) in [5.41, 5.74) is 0.844. The van der Waals surface area contributed by atoms with E-state index in [1.54, 1.807) is 6.08 Å². The SMILES string of the molecule is C=C(Cl)/C=C(/C)C(=C)Cl. The Morgan fingerprint density at radius 3 is 1.89 bits per heavy atom. The van der Waals surface area contributed by atoms with E-state index in [9.17, 15) is 0 Å². The Labute approximate surface area is 65.5 Å². The Hall–Kier alpha value is -0.200. The van der Waals surface area contributed by atoms with Gasteiger partial charge in [-0.3, -0.25) is 0 Å². The molecule has 0 N–H and O–H groups in total. The van der Waals surface area contributed by atoms with Crippen LogP contribution in [0.25, 0.3) is 0 Å². The van der Waals surface area contributed by atoms with Crippen molar-refractivity contribution in [3.63, 3.8) is 0 Å². The molecule has 0 aliphatic rings. The Kier molecular flexibility index (Phi) is 3.67. The first-order valence-corrected chi connectivity index (χ1v) is 3.17. The number of hydrogen-bond donors (Lipinski definition) is 0. The van der Waals surface area contributed by atoms with Gasteiger partial charge in [-0.1, -0.05) is 36.4 Å². The molecule has 0 nitrogen and oxygen atoms in total. The van der Waals surface area contributed by atoms with Crippen LogP contribution in [0.3, 0.4) is 0 Å². The quantitative estimate of drug-likeness (QED) is 0.547. The number of rotatable bonds is 2. The number of halogens is 2. The van der Waals surface area contributed by atoms with Crippen molar-refractivity contribution < 1.29 is 0 Å². The highest BCUT2D eigenvalue weighted by molar-refractivity contribution is 6.33. The predicted molar refractivity (Wildman–Crippen MR) is 43.7 cm³/mol. The van der Waals surface area contributed by atoms with Crippen LogP contribution < -0.4 is 0 Å². The second kappa shape index (κ2) is 3.76. The molecule has 0 aliphatic carbocycles. The topological polar surface area (TPSA) is 0 Å². The molecule has 0 radical (unpaired) electrons. The van der Waals surface area contributed by atoms with Crippen molar-refractivity contribution in [1.82, 2.24) is 0 Å². The Bertz CT molecular complexity index is 166. The van der Waals surface area contributed by atoms with Crippen LogP contribution in [-0.2, 0) is 0 Å². The standard InChI is InChI=1S/C7H8Cl2/c1-5(7(3)9)4-6(2)8/h4H,2-3H2,1H3/b5-4-. The van der Waals surface area contributed by atoms with E-state index in [1.165, 1.54) is 0 Å². The van der Waals surface area contributed by atoms with Crippen molar-refractivity contribution in [2.75, 3.05) is 0 Å². The summed E-state index contributed by atoms with van der Waals surface area (Å²) in [6.45, 7) is 8.79. The first-order valence-electron chi connectivity index (χ1n) is 2.41. The minimum Gasteiger partial charge on any atom is -0.0850 e. The molecule has 0 aliphatic heterocycles. The summed E-state index contributed by atoms with van der Waals surface area (Å²) in [5, 5.41) is 0.964. The van der Waals surface area contributed by atoms with Gasteiger partial charge in [-0.15, -0.1) is 0 Å². The van der Waals surface area contributed by atoms with Gasteiger partial charge < -0.3 is 0 Å². The van der Waals surface area contributed by atoms with Gasteiger partial charge in [-0.05, 0) is 18.6 Å². The lowest BCUT2D eigenvalue weighted by molar-refractivity contribution is 1.50. The summed E-state index contributed by atoms with van der Waals surface area (Å²) in [7, 11) is 0. The smallest absolute Gasteiger partial charge is 0.0363 e. The van der Waals surface area contributed by atoms with Crippen LogP contribution in [0.5, 0.6) is 0 Å². The third-order valence-corrected chi connectivity index (χ3v) is 1.21. The van der Waals surface area contributed by atoms with Crippen molar-refractivity contribution in [3.8, 4) is 0 Å². The first kappa shape index (κ1) is 8.80. The minimum absolute atomic E-state index is 0.467. The van der Waals surface area contributed by atoms with Crippen molar-refractivity contribution >= 4 is 23.2 Å². The molecule has 9 heavy (non-hydrogen) atoms. The fourth-order valence-electron chi connectivity index (χ4n) is 0.313. The highest BCUT2D eigenvalue weighted by Crippen LogP contribution is 2.14. The summed E-state index contributed by atoms with van der Waals surface area (Å²) < 4.78 is 0. The van der Waals surface area contributed by atoms with E-state index in [4.69, 9.17) is 23.2 Å². The lowest BCUT2D eigenvalue weighted by Crippen LogP contribution is -1.71. The van der Waals surface area contributed by atoms with Gasteiger partial charge in [-0.25, -0.2) is 0 Å². The van der Waals surface area contributed by atoms with E-state index in [0.717, 1.165) is 5.57 Å². The molecular weight excluding hydrogens is 155 g/mol. The molecule has 0 aromatic heterocycles. The minimum atomic E-state index is 0.467. The van der Waals surface area contributed by atoms with E-state index in [-0.39, 0.29) is 0 Å². The zero-order valence-corrected chi connectivity index (χ0v) is 6.76. The van der Waals surface area contributed by atoms with E-state index >= 15 is 0 Å². The maximum Gasteiger partial charge on any atom is 0.0363 e. The van der Waals surface area contributed by atoms with Gasteiger partial charge in [-0.2, -0.15) is 0 Å². The Balaban J connectivity index is 4.17. The van der Waals surface area contributed by atoms with Gasteiger partial charge >= 0.3 is 0 Å². The molecule has 50 valence electrons. The molecule has 2 heteroatoms. The van der Waals surface area contributed by atoms with Crippen molar-refractivity contribution in [1.29, 1.82) is 0 Å². The molecule has 0 bridgehead atoms. The second-order valence-corrected chi connectivity index (χ2v) is 2.62. The van der Waals surface area contributed by atoms with Crippen LogP contribution in [0, 0.1) is 0 Å². The highest BCUT2D eigenvalue weighted by Gasteiger charge is 1.90. The average molecular weight is 163 g/mol. The van der Waals surface area contributed by atoms with Gasteiger partial charge in [0.05, 0.1) is 0 Å². The number of hydrogen-bond acceptors (Lipinski definition) is 0. The lowest BCUT2D eigenvalue weighted by Gasteiger charge is -1.92. The van der Waals surface area contributed by atoms with Crippen LogP contribution >= 0.6 is 23.2 Å². The molecule has 0 aromatic carbocycles. The van der Waals surface area contributed by atoms with Crippen molar-refractivity contribution in [3.05, 3.63) is 34.9 Å². The molecule has 0 rings (SSSR count). The molecular formula is C7H8Cl2. The highest BCUT2D eigenvalue weighted by atomic mass is 35.5. The second-order valence-electron chi connectivity index (χ2n) is 1.68. The predicted octanol–water partition coefficient (Wildman–Crippen LogP) is 3.44. The maximum absolute atomic E-state index is 5.51. The fourth-order valence-corrected chi connectivity index (χ4v) is 0.531. The molecule has 0 saturated carbocycles. The van der Waals surface area contributed by atoms with E-state index in [2.05, 4.69) is 13.2 Å². The molecule has 0 fully saturated rings. The van der Waals surface area contributed by atoms with Crippen LogP contribution in [0.15, 0.2) is 34.9 Å². The first-order chi connectivity index (χ1) is 4.04. The normalized spacial score (nSPS) is 11.2. The molecule has 0 aromatic rings. The van der Waals surface area contributed by atoms with E-state index in [0.29, 0.717) is 10.1 Å². The van der Waals surface area contributed by atoms with Crippen LogP contribution in [0.2, 0.25) is 0 Å². The van der Waals surface area contributed by atoms with Crippen LogP contribution in [-0.4, -0.2) is 0 Å². The lowest BCUT2D eigenvalue weighted by atomic mass is 10.3. The Morgan fingerprint density at radius 1 is 1.33 bits per heavy atom. The van der Waals surface area contributed by atoms with Gasteiger partial charge in [0.15, 0.2) is 0 Å². The monoisotopic (exact) mass is 162 g/mol. The molecule has 0 unspecified atom stereocenters. The average Bonchev–Trinajstić information content (AvgIpc) is 1.63. The van der Waals surface area contributed by atoms with E-state index in [1.807, 2.05) is 6.92 Å². The van der Waals surface area contributed by atoms with Crippen LogP contribution in [0.1, 0.15) is 6.92 Å². The summed E-state index contributed by atoms with van der Waals surface area (Å²) in [5.74, 6) is 0. The molecule has 0 spiro atoms. The summed E-state index contributed by atoms with van der Waals surface area (Å²) >= 11 is 11.0. The summed E-state index contributed by atoms with van der Waals surface area (Å²) in [6.07, 6.45) is 1.66. The zero-order chi connectivity index (χ0) is 7.44. The molecule has 0 amide bonds. The summed E-state index contributed by atoms with van der Waals surface area (Å²) in [4.78, 5) is 0. The van der Waals surface area contributed by atoms with Gasteiger partial charge in [0.25, 0.3) is 0 Å². The third-order valence-electron chi connectivity index (χ3n) is 0.801. The van der Waals surface area contributed by atoms with Crippen molar-refractivity contribution in [2.45, 2.75) is 6.92 Å². The number of allylic oxidation sites excluding steroid dienone is 4. The molecule has 0 heterocycles. The van der Waals surface area contributed by atoms with Gasteiger partial charge in [0.2, 0.25) is 0 Å². The van der Waals surface area contributed by atoms with E-state index < -0.39 is 0 Å². The molecule has 0 atom stereocenters. The maximum atomic E-state index is 5.51. The zero-order valence-electron chi connectivity index (χ0n) is 5.25. The van der Waals surface area contributed by atoms with Crippen molar-refractivity contribution in [2.24, 2.45) is 0 Å². The van der Waals surface area contributed by atoms with Crippen LogP contribution in [0.4, 0.5) is 0 Å². The fraction of sp³-hybridized carbons (Fsp3) is 0.143. The van der Waals surface area contributed by atoms with Gasteiger partial charge in [0.1, 0.15) is 0 Å². The Morgan fingerprint density at radius 2 is 1.78 bits per heavy atom. The largest absolute Gasteiger partial charge is 0.0850 e.